The van der Waals surface area contributed by atoms with E-state index in [-0.39, 0.29) is 22.9 Å². The number of benzene rings is 1. The van der Waals surface area contributed by atoms with Crippen LogP contribution in [-0.2, 0) is 0 Å². The highest BCUT2D eigenvalue weighted by molar-refractivity contribution is 5.93. The highest BCUT2D eigenvalue weighted by Crippen LogP contribution is 2.17. The number of urea groups is 1. The van der Waals surface area contributed by atoms with Gasteiger partial charge in [-0.15, -0.1) is 0 Å². The van der Waals surface area contributed by atoms with Crippen LogP contribution in [-0.4, -0.2) is 47.9 Å². The summed E-state index contributed by atoms with van der Waals surface area (Å²) in [5.74, 6) is -0.488. The number of furan rings is 1. The van der Waals surface area contributed by atoms with Gasteiger partial charge in [0.25, 0.3) is 5.91 Å². The Morgan fingerprint density at radius 1 is 1.16 bits per heavy atom. The Hall–Kier alpha value is -3.34. The molecule has 0 atom stereocenters. The molecule has 0 aliphatic carbocycles. The predicted octanol–water partition coefficient (Wildman–Crippen LogP) is 2.28. The first-order valence-electron chi connectivity index (χ1n) is 7.67. The van der Waals surface area contributed by atoms with Gasteiger partial charge in [-0.25, -0.2) is 9.18 Å². The van der Waals surface area contributed by atoms with E-state index in [0.717, 1.165) is 6.07 Å². The fourth-order valence-electron chi connectivity index (χ4n) is 2.58. The van der Waals surface area contributed by atoms with Gasteiger partial charge in [0.15, 0.2) is 5.76 Å². The second kappa shape index (κ2) is 7.05. The highest BCUT2D eigenvalue weighted by atomic mass is 19.1. The minimum absolute atomic E-state index is 0.0555. The normalized spacial score (nSPS) is 14.1. The van der Waals surface area contributed by atoms with Crippen molar-refractivity contribution in [2.75, 3.05) is 31.5 Å². The molecule has 2 aromatic rings. The van der Waals surface area contributed by atoms with E-state index in [1.54, 1.807) is 17.0 Å². The molecule has 2 heterocycles. The molecule has 1 saturated heterocycles. The Labute approximate surface area is 143 Å². The van der Waals surface area contributed by atoms with Crippen LogP contribution >= 0.6 is 0 Å². The first-order chi connectivity index (χ1) is 12.1. The number of halogens is 1. The van der Waals surface area contributed by atoms with Gasteiger partial charge < -0.3 is 19.5 Å². The molecule has 128 valence electrons. The lowest BCUT2D eigenvalue weighted by atomic mass is 10.2. The molecular formula is C17H15FN4O3. The highest BCUT2D eigenvalue weighted by Gasteiger charge is 2.26. The van der Waals surface area contributed by atoms with Crippen molar-refractivity contribution in [3.05, 3.63) is 53.7 Å². The van der Waals surface area contributed by atoms with Crippen molar-refractivity contribution in [3.8, 4) is 6.07 Å². The predicted molar refractivity (Wildman–Crippen MR) is 86.3 cm³/mol. The molecule has 7 nitrogen and oxygen atoms in total. The summed E-state index contributed by atoms with van der Waals surface area (Å²) in [6, 6.07) is 8.28. The van der Waals surface area contributed by atoms with Crippen LogP contribution in [0.15, 0.2) is 41.0 Å². The molecule has 3 amide bonds. The fraction of sp³-hybridized carbons (Fsp3) is 0.235. The number of carbonyl (C=O) groups is 2. The molecule has 1 aromatic carbocycles. The number of carbonyl (C=O) groups excluding carboxylic acids is 2. The van der Waals surface area contributed by atoms with Crippen LogP contribution in [0.1, 0.15) is 16.1 Å². The maximum absolute atomic E-state index is 13.1. The third kappa shape index (κ3) is 3.61. The summed E-state index contributed by atoms with van der Waals surface area (Å²) in [5, 5.41) is 11.6. The molecule has 0 saturated carbocycles. The van der Waals surface area contributed by atoms with Crippen LogP contribution in [0.25, 0.3) is 0 Å². The van der Waals surface area contributed by atoms with Crippen molar-refractivity contribution in [1.82, 2.24) is 9.80 Å². The molecule has 0 radical (unpaired) electrons. The first kappa shape index (κ1) is 16.5. The summed E-state index contributed by atoms with van der Waals surface area (Å²) < 4.78 is 18.2. The number of amides is 3. The number of hydrogen-bond acceptors (Lipinski definition) is 4. The molecule has 0 unspecified atom stereocenters. The number of nitrogens with one attached hydrogen (secondary N) is 1. The minimum Gasteiger partial charge on any atom is -0.459 e. The van der Waals surface area contributed by atoms with Gasteiger partial charge in [0, 0.05) is 26.2 Å². The Balaban J connectivity index is 1.59. The van der Waals surface area contributed by atoms with Gasteiger partial charge in [0.05, 0.1) is 17.5 Å². The van der Waals surface area contributed by atoms with Crippen molar-refractivity contribution in [3.63, 3.8) is 0 Å². The van der Waals surface area contributed by atoms with Crippen LogP contribution < -0.4 is 5.32 Å². The lowest BCUT2D eigenvalue weighted by Crippen LogP contribution is -2.51. The zero-order valence-electron chi connectivity index (χ0n) is 13.2. The number of rotatable bonds is 2. The Bertz CT molecular complexity index is 821. The van der Waals surface area contributed by atoms with Crippen molar-refractivity contribution in [2.45, 2.75) is 0 Å². The van der Waals surface area contributed by atoms with Gasteiger partial charge in [0.2, 0.25) is 0 Å². The van der Waals surface area contributed by atoms with Crippen molar-refractivity contribution < 1.29 is 18.4 Å². The molecule has 25 heavy (non-hydrogen) atoms. The smallest absolute Gasteiger partial charge is 0.322 e. The van der Waals surface area contributed by atoms with Crippen molar-refractivity contribution >= 4 is 17.6 Å². The van der Waals surface area contributed by atoms with E-state index in [1.807, 2.05) is 6.07 Å². The molecule has 0 spiro atoms. The molecule has 1 fully saturated rings. The van der Waals surface area contributed by atoms with Gasteiger partial charge >= 0.3 is 6.03 Å². The number of anilines is 1. The van der Waals surface area contributed by atoms with E-state index in [2.05, 4.69) is 5.32 Å². The molecule has 1 aliphatic heterocycles. The van der Waals surface area contributed by atoms with Gasteiger partial charge in [-0.1, -0.05) is 0 Å². The molecule has 3 rings (SSSR count). The standard InChI is InChI=1S/C17H15FN4O3/c18-13-3-4-14(12(10-13)11-19)20-17(24)22-7-5-21(6-8-22)16(23)15-2-1-9-25-15/h1-4,9-10H,5-8H2,(H,20,24). The summed E-state index contributed by atoms with van der Waals surface area (Å²) in [6.45, 7) is 1.45. The number of hydrogen-bond donors (Lipinski definition) is 1. The van der Waals surface area contributed by atoms with Crippen molar-refractivity contribution in [2.24, 2.45) is 0 Å². The van der Waals surface area contributed by atoms with Gasteiger partial charge in [-0.05, 0) is 30.3 Å². The Morgan fingerprint density at radius 3 is 2.52 bits per heavy atom. The maximum atomic E-state index is 13.1. The van der Waals surface area contributed by atoms with Crippen LogP contribution in [0.2, 0.25) is 0 Å². The fourth-order valence-corrected chi connectivity index (χ4v) is 2.58. The van der Waals surface area contributed by atoms with Crippen LogP contribution in [0.5, 0.6) is 0 Å². The largest absolute Gasteiger partial charge is 0.459 e. The van der Waals surface area contributed by atoms with Crippen LogP contribution in [0.3, 0.4) is 0 Å². The Kier molecular flexibility index (Phi) is 4.66. The second-order valence-electron chi connectivity index (χ2n) is 5.49. The molecule has 0 bridgehead atoms. The summed E-state index contributed by atoms with van der Waals surface area (Å²) in [7, 11) is 0. The third-order valence-corrected chi connectivity index (χ3v) is 3.93. The van der Waals surface area contributed by atoms with Gasteiger partial charge in [-0.3, -0.25) is 4.79 Å². The van der Waals surface area contributed by atoms with Gasteiger partial charge in [-0.2, -0.15) is 5.26 Å². The molecule has 8 heteroatoms. The lowest BCUT2D eigenvalue weighted by molar-refractivity contribution is 0.0640. The monoisotopic (exact) mass is 342 g/mol. The SMILES string of the molecule is N#Cc1cc(F)ccc1NC(=O)N1CCN(C(=O)c2ccco2)CC1. The maximum Gasteiger partial charge on any atom is 0.322 e. The van der Waals surface area contributed by atoms with Crippen LogP contribution in [0, 0.1) is 17.1 Å². The molecule has 1 aromatic heterocycles. The molecule has 1 aliphatic rings. The number of nitrogens with zero attached hydrogens (tertiary/aromatic N) is 3. The number of nitriles is 1. The van der Waals surface area contributed by atoms with E-state index >= 15 is 0 Å². The number of piperazine rings is 1. The summed E-state index contributed by atoms with van der Waals surface area (Å²) in [4.78, 5) is 27.7. The van der Waals surface area contributed by atoms with Crippen molar-refractivity contribution in [1.29, 1.82) is 5.26 Å². The molecular weight excluding hydrogens is 327 g/mol. The van der Waals surface area contributed by atoms with E-state index in [4.69, 9.17) is 9.68 Å². The van der Waals surface area contributed by atoms with E-state index in [1.165, 1.54) is 23.3 Å². The van der Waals surface area contributed by atoms with E-state index in [9.17, 15) is 14.0 Å². The van der Waals surface area contributed by atoms with Gasteiger partial charge in [0.1, 0.15) is 11.9 Å². The third-order valence-electron chi connectivity index (χ3n) is 3.93. The quantitative estimate of drug-likeness (QED) is 0.907. The summed E-state index contributed by atoms with van der Waals surface area (Å²) >= 11 is 0. The lowest BCUT2D eigenvalue weighted by Gasteiger charge is -2.34. The topological polar surface area (TPSA) is 89.6 Å². The van der Waals surface area contributed by atoms with Crippen LogP contribution in [0.4, 0.5) is 14.9 Å². The van der Waals surface area contributed by atoms with E-state index in [0.29, 0.717) is 26.2 Å². The second-order valence-corrected chi connectivity index (χ2v) is 5.49. The summed E-state index contributed by atoms with van der Waals surface area (Å²) in [6.07, 6.45) is 1.44. The zero-order valence-corrected chi connectivity index (χ0v) is 13.2. The minimum atomic E-state index is -0.542. The molecule has 1 N–H and O–H groups in total. The zero-order chi connectivity index (χ0) is 17.8. The first-order valence-corrected chi connectivity index (χ1v) is 7.67. The Morgan fingerprint density at radius 2 is 1.88 bits per heavy atom. The average Bonchev–Trinajstić information content (AvgIpc) is 3.17. The average molecular weight is 342 g/mol. The summed E-state index contributed by atoms with van der Waals surface area (Å²) in [5.41, 5.74) is 0.308. The van der Waals surface area contributed by atoms with E-state index < -0.39 is 11.8 Å².